The van der Waals surface area contributed by atoms with Crippen molar-refractivity contribution in [2.75, 3.05) is 13.7 Å². The fraction of sp³-hybridized carbons (Fsp3) is 0.357. The number of nitrogens with zero attached hydrogens (tertiary/aromatic N) is 1. The number of methoxy groups -OCH3 is 1. The normalized spacial score (nSPS) is 16.9. The van der Waals surface area contributed by atoms with E-state index < -0.39 is 35.6 Å². The number of hydrogen-bond acceptors (Lipinski definition) is 4. The number of urea groups is 1. The Morgan fingerprint density at radius 3 is 2.52 bits per heavy atom. The number of rotatable bonds is 4. The summed E-state index contributed by atoms with van der Waals surface area (Å²) < 4.78 is 18.3. The third-order valence-corrected chi connectivity index (χ3v) is 3.22. The molecule has 0 saturated carbocycles. The van der Waals surface area contributed by atoms with Crippen molar-refractivity contribution in [3.63, 3.8) is 0 Å². The van der Waals surface area contributed by atoms with E-state index in [4.69, 9.17) is 4.74 Å². The molecule has 6 nitrogen and oxygen atoms in total. The van der Waals surface area contributed by atoms with Crippen LogP contribution in [0.1, 0.15) is 24.2 Å². The first-order valence-electron chi connectivity index (χ1n) is 6.27. The number of carbonyl (C=O) groups is 3. The van der Waals surface area contributed by atoms with Gasteiger partial charge in [-0.25, -0.2) is 9.18 Å². The monoisotopic (exact) mass is 294 g/mol. The number of ether oxygens (including phenoxy) is 1. The van der Waals surface area contributed by atoms with E-state index >= 15 is 0 Å². The van der Waals surface area contributed by atoms with Crippen molar-refractivity contribution in [2.45, 2.75) is 19.4 Å². The smallest absolute Gasteiger partial charge is 0.325 e. The second-order valence-corrected chi connectivity index (χ2v) is 5.22. The Balaban J connectivity index is 2.17. The van der Waals surface area contributed by atoms with Crippen LogP contribution in [0.25, 0.3) is 0 Å². The average Bonchev–Trinajstić information content (AvgIpc) is 2.60. The lowest BCUT2D eigenvalue weighted by molar-refractivity contribution is -0.129. The van der Waals surface area contributed by atoms with Crippen LogP contribution in [0.3, 0.4) is 0 Å². The van der Waals surface area contributed by atoms with Gasteiger partial charge in [0.2, 0.25) is 0 Å². The van der Waals surface area contributed by atoms with Crippen LogP contribution >= 0.6 is 0 Å². The number of imide groups is 1. The SMILES string of the molecule is COc1ccc(C(=O)CN2C(=O)NC(C)(C)C2=O)cc1F. The summed E-state index contributed by atoms with van der Waals surface area (Å²) in [5.74, 6) is -1.68. The Morgan fingerprint density at radius 2 is 2.05 bits per heavy atom. The van der Waals surface area contributed by atoms with Crippen LogP contribution in [0.5, 0.6) is 5.75 Å². The van der Waals surface area contributed by atoms with E-state index in [9.17, 15) is 18.8 Å². The summed E-state index contributed by atoms with van der Waals surface area (Å²) in [5.41, 5.74) is -0.971. The average molecular weight is 294 g/mol. The maximum absolute atomic E-state index is 13.6. The number of Topliss-reactive ketones (excluding diaryl/α,β-unsaturated/α-hetero) is 1. The number of benzene rings is 1. The fourth-order valence-corrected chi connectivity index (χ4v) is 2.04. The molecule has 0 bridgehead atoms. The molecule has 1 aliphatic heterocycles. The fourth-order valence-electron chi connectivity index (χ4n) is 2.04. The summed E-state index contributed by atoms with van der Waals surface area (Å²) in [6, 6.07) is 3.09. The van der Waals surface area contributed by atoms with Crippen LogP contribution < -0.4 is 10.1 Å². The molecule has 1 fully saturated rings. The van der Waals surface area contributed by atoms with Crippen LogP contribution in [-0.4, -0.2) is 41.8 Å². The molecule has 1 heterocycles. The third-order valence-electron chi connectivity index (χ3n) is 3.22. The molecular weight excluding hydrogens is 279 g/mol. The minimum absolute atomic E-state index is 0.0164. The molecule has 21 heavy (non-hydrogen) atoms. The molecule has 1 aliphatic rings. The zero-order chi connectivity index (χ0) is 15.8. The molecule has 0 aromatic heterocycles. The molecular formula is C14H15FN2O4. The van der Waals surface area contributed by atoms with Crippen LogP contribution in [0.15, 0.2) is 18.2 Å². The van der Waals surface area contributed by atoms with Crippen molar-refractivity contribution in [3.8, 4) is 5.75 Å². The Kier molecular flexibility index (Phi) is 3.67. The number of nitrogens with one attached hydrogen (secondary N) is 1. The van der Waals surface area contributed by atoms with Gasteiger partial charge in [0.25, 0.3) is 5.91 Å². The van der Waals surface area contributed by atoms with E-state index in [1.54, 1.807) is 13.8 Å². The van der Waals surface area contributed by atoms with Gasteiger partial charge >= 0.3 is 6.03 Å². The molecule has 3 amide bonds. The molecule has 0 aliphatic carbocycles. The highest BCUT2D eigenvalue weighted by Crippen LogP contribution is 2.20. The minimum Gasteiger partial charge on any atom is -0.494 e. The van der Waals surface area contributed by atoms with Crippen molar-refractivity contribution >= 4 is 17.7 Å². The van der Waals surface area contributed by atoms with Crippen molar-refractivity contribution < 1.29 is 23.5 Å². The summed E-state index contributed by atoms with van der Waals surface area (Å²) in [5, 5.41) is 2.47. The predicted octanol–water partition coefficient (Wildman–Crippen LogP) is 1.35. The summed E-state index contributed by atoms with van der Waals surface area (Å²) >= 11 is 0. The molecule has 0 atom stereocenters. The first-order valence-corrected chi connectivity index (χ1v) is 6.27. The van der Waals surface area contributed by atoms with E-state index in [0.717, 1.165) is 11.0 Å². The third kappa shape index (κ3) is 2.72. The lowest BCUT2D eigenvalue weighted by atomic mass is 10.1. The van der Waals surface area contributed by atoms with Crippen LogP contribution in [0.2, 0.25) is 0 Å². The van der Waals surface area contributed by atoms with Gasteiger partial charge in [-0.05, 0) is 32.0 Å². The summed E-state index contributed by atoms with van der Waals surface area (Å²) in [6.45, 7) is 2.66. The largest absolute Gasteiger partial charge is 0.494 e. The van der Waals surface area contributed by atoms with Gasteiger partial charge in [-0.1, -0.05) is 0 Å². The second-order valence-electron chi connectivity index (χ2n) is 5.22. The van der Waals surface area contributed by atoms with Gasteiger partial charge in [-0.3, -0.25) is 14.5 Å². The van der Waals surface area contributed by atoms with Crippen molar-refractivity contribution in [3.05, 3.63) is 29.6 Å². The van der Waals surface area contributed by atoms with Crippen molar-refractivity contribution in [1.82, 2.24) is 10.2 Å². The topological polar surface area (TPSA) is 75.7 Å². The molecule has 7 heteroatoms. The highest BCUT2D eigenvalue weighted by molar-refractivity contribution is 6.10. The Hall–Kier alpha value is -2.44. The molecule has 0 radical (unpaired) electrons. The van der Waals surface area contributed by atoms with Crippen LogP contribution in [0.4, 0.5) is 9.18 Å². The number of ketones is 1. The highest BCUT2D eigenvalue weighted by atomic mass is 19.1. The number of carbonyl (C=O) groups excluding carboxylic acids is 3. The zero-order valence-electron chi connectivity index (χ0n) is 11.9. The molecule has 1 N–H and O–H groups in total. The van der Waals surface area contributed by atoms with E-state index in [2.05, 4.69) is 5.32 Å². The Morgan fingerprint density at radius 1 is 1.38 bits per heavy atom. The zero-order valence-corrected chi connectivity index (χ0v) is 11.9. The lowest BCUT2D eigenvalue weighted by Crippen LogP contribution is -2.41. The molecule has 112 valence electrons. The van der Waals surface area contributed by atoms with E-state index in [0.29, 0.717) is 0 Å². The molecule has 0 unspecified atom stereocenters. The molecule has 1 aromatic carbocycles. The Labute approximate surface area is 120 Å². The summed E-state index contributed by atoms with van der Waals surface area (Å²) in [7, 11) is 1.31. The van der Waals surface area contributed by atoms with Crippen LogP contribution in [0, 0.1) is 5.82 Å². The van der Waals surface area contributed by atoms with Crippen molar-refractivity contribution in [2.24, 2.45) is 0 Å². The van der Waals surface area contributed by atoms with Gasteiger partial charge in [-0.15, -0.1) is 0 Å². The van der Waals surface area contributed by atoms with Crippen molar-refractivity contribution in [1.29, 1.82) is 0 Å². The second kappa shape index (κ2) is 5.16. The maximum Gasteiger partial charge on any atom is 0.325 e. The van der Waals surface area contributed by atoms with Gasteiger partial charge in [0.05, 0.1) is 13.7 Å². The van der Waals surface area contributed by atoms with Gasteiger partial charge in [0.15, 0.2) is 17.3 Å². The van der Waals surface area contributed by atoms with E-state index in [-0.39, 0.29) is 11.3 Å². The standard InChI is InChI=1S/C14H15FN2O4/c1-14(2)12(19)17(13(20)16-14)7-10(18)8-4-5-11(21-3)9(15)6-8/h4-6H,7H2,1-3H3,(H,16,20). The maximum atomic E-state index is 13.6. The summed E-state index contributed by atoms with van der Waals surface area (Å²) in [6.07, 6.45) is 0. The lowest BCUT2D eigenvalue weighted by Gasteiger charge is -2.15. The summed E-state index contributed by atoms with van der Waals surface area (Å²) in [4.78, 5) is 36.5. The molecule has 0 spiro atoms. The Bertz CT molecular complexity index is 627. The van der Waals surface area contributed by atoms with Gasteiger partial charge < -0.3 is 10.1 Å². The van der Waals surface area contributed by atoms with E-state index in [1.165, 1.54) is 19.2 Å². The number of halogens is 1. The van der Waals surface area contributed by atoms with Gasteiger partial charge in [-0.2, -0.15) is 0 Å². The molecule has 1 aromatic rings. The predicted molar refractivity (Wildman–Crippen MR) is 71.6 cm³/mol. The quantitative estimate of drug-likeness (QED) is 0.672. The first kappa shape index (κ1) is 15.0. The number of hydrogen-bond donors (Lipinski definition) is 1. The van der Waals surface area contributed by atoms with Crippen LogP contribution in [-0.2, 0) is 4.79 Å². The van der Waals surface area contributed by atoms with Gasteiger partial charge in [0, 0.05) is 5.56 Å². The van der Waals surface area contributed by atoms with E-state index in [1.807, 2.05) is 0 Å². The number of amides is 3. The molecule has 2 rings (SSSR count). The highest BCUT2D eigenvalue weighted by Gasteiger charge is 2.44. The van der Waals surface area contributed by atoms with Gasteiger partial charge in [0.1, 0.15) is 5.54 Å². The molecule has 1 saturated heterocycles. The first-order chi connectivity index (χ1) is 9.76. The minimum atomic E-state index is -1.04.